The minimum atomic E-state index is 0.367. The normalized spacial score (nSPS) is 16.5. The van der Waals surface area contributed by atoms with Gasteiger partial charge in [-0.05, 0) is 56.8 Å². The maximum atomic E-state index is 5.37. The highest BCUT2D eigenvalue weighted by Gasteiger charge is 2.27. The molecule has 0 bridgehead atoms. The largest absolute Gasteiger partial charge is 0.497 e. The molecule has 1 aliphatic rings. The lowest BCUT2D eigenvalue weighted by atomic mass is 10.0. The summed E-state index contributed by atoms with van der Waals surface area (Å²) in [5.74, 6) is 1.87. The molecule has 0 amide bonds. The molecule has 0 radical (unpaired) electrons. The Bertz CT molecular complexity index is 429. The van der Waals surface area contributed by atoms with Gasteiger partial charge < -0.3 is 10.1 Å². The third kappa shape index (κ3) is 5.01. The lowest BCUT2D eigenvalue weighted by molar-refractivity contribution is 0.190. The molecule has 1 aliphatic carbocycles. The van der Waals surface area contributed by atoms with E-state index < -0.39 is 0 Å². The first kappa shape index (κ1) is 16.3. The first-order chi connectivity index (χ1) is 10.1. The van der Waals surface area contributed by atoms with Crippen LogP contribution in [0.1, 0.15) is 45.2 Å². The van der Waals surface area contributed by atoms with Crippen molar-refractivity contribution in [3.8, 4) is 5.75 Å². The molecular weight excluding hydrogens is 260 g/mol. The quantitative estimate of drug-likeness (QED) is 0.753. The van der Waals surface area contributed by atoms with Crippen LogP contribution in [0.15, 0.2) is 24.3 Å². The van der Waals surface area contributed by atoms with Crippen molar-refractivity contribution in [3.05, 3.63) is 29.8 Å². The van der Waals surface area contributed by atoms with Crippen molar-refractivity contribution in [1.82, 2.24) is 10.2 Å². The molecule has 21 heavy (non-hydrogen) atoms. The van der Waals surface area contributed by atoms with Gasteiger partial charge in [0.15, 0.2) is 0 Å². The molecule has 0 saturated heterocycles. The molecule has 1 atom stereocenters. The van der Waals surface area contributed by atoms with Crippen LogP contribution in [-0.2, 0) is 0 Å². The molecule has 0 spiro atoms. The average Bonchev–Trinajstić information content (AvgIpc) is 3.29. The van der Waals surface area contributed by atoms with E-state index in [-0.39, 0.29) is 0 Å². The topological polar surface area (TPSA) is 24.5 Å². The molecular formula is C18H30N2O. The van der Waals surface area contributed by atoms with Gasteiger partial charge in [0.05, 0.1) is 7.11 Å². The van der Waals surface area contributed by atoms with Gasteiger partial charge in [0.1, 0.15) is 5.75 Å². The van der Waals surface area contributed by atoms with E-state index in [1.54, 1.807) is 7.11 Å². The van der Waals surface area contributed by atoms with E-state index in [2.05, 4.69) is 49.2 Å². The van der Waals surface area contributed by atoms with Crippen LogP contribution in [0.2, 0.25) is 0 Å². The predicted molar refractivity (Wildman–Crippen MR) is 88.8 cm³/mol. The van der Waals surface area contributed by atoms with Gasteiger partial charge in [0, 0.05) is 25.2 Å². The molecule has 0 aliphatic heterocycles. The van der Waals surface area contributed by atoms with E-state index in [4.69, 9.17) is 4.74 Å². The number of nitrogens with zero attached hydrogens (tertiary/aromatic N) is 1. The molecule has 1 saturated carbocycles. The van der Waals surface area contributed by atoms with Crippen molar-refractivity contribution >= 4 is 0 Å². The summed E-state index contributed by atoms with van der Waals surface area (Å²) in [6, 6.07) is 9.41. The molecule has 1 fully saturated rings. The summed E-state index contributed by atoms with van der Waals surface area (Å²) in [4.78, 5) is 2.62. The average molecular weight is 290 g/mol. The molecule has 0 aromatic heterocycles. The zero-order chi connectivity index (χ0) is 15.2. The highest BCUT2D eigenvalue weighted by Crippen LogP contribution is 2.31. The zero-order valence-corrected chi connectivity index (χ0v) is 13.9. The number of hydrogen-bond acceptors (Lipinski definition) is 3. The summed E-state index contributed by atoms with van der Waals surface area (Å²) < 4.78 is 5.37. The third-order valence-corrected chi connectivity index (χ3v) is 4.28. The molecule has 1 N–H and O–H groups in total. The van der Waals surface area contributed by atoms with Crippen LogP contribution in [0.5, 0.6) is 5.75 Å². The number of methoxy groups -OCH3 is 1. The maximum absolute atomic E-state index is 5.37. The van der Waals surface area contributed by atoms with Crippen molar-refractivity contribution in [2.45, 2.75) is 45.7 Å². The van der Waals surface area contributed by atoms with E-state index in [1.165, 1.54) is 24.9 Å². The number of ether oxygens (including phenoxy) is 1. The van der Waals surface area contributed by atoms with E-state index in [9.17, 15) is 0 Å². The maximum Gasteiger partial charge on any atom is 0.119 e. The predicted octanol–water partition coefficient (Wildman–Crippen LogP) is 3.47. The van der Waals surface area contributed by atoms with Crippen LogP contribution in [0.25, 0.3) is 0 Å². The van der Waals surface area contributed by atoms with Gasteiger partial charge in [0.2, 0.25) is 0 Å². The van der Waals surface area contributed by atoms with Gasteiger partial charge in [-0.1, -0.05) is 19.1 Å². The molecule has 0 heterocycles. The smallest absolute Gasteiger partial charge is 0.119 e. The monoisotopic (exact) mass is 290 g/mol. The molecule has 118 valence electrons. The van der Waals surface area contributed by atoms with Gasteiger partial charge in [0.25, 0.3) is 0 Å². The SMILES string of the molecule is CCNC(CN(CC1CC1)C(C)C)c1cccc(OC)c1. The van der Waals surface area contributed by atoms with E-state index >= 15 is 0 Å². The summed E-state index contributed by atoms with van der Waals surface area (Å²) in [6.45, 7) is 10.1. The van der Waals surface area contributed by atoms with Crippen molar-refractivity contribution in [2.75, 3.05) is 26.7 Å². The molecule has 3 nitrogen and oxygen atoms in total. The number of benzene rings is 1. The van der Waals surface area contributed by atoms with Crippen molar-refractivity contribution in [1.29, 1.82) is 0 Å². The van der Waals surface area contributed by atoms with E-state index in [0.717, 1.165) is 24.8 Å². The van der Waals surface area contributed by atoms with Crippen molar-refractivity contribution in [2.24, 2.45) is 5.92 Å². The second-order valence-electron chi connectivity index (χ2n) is 6.38. The Morgan fingerprint density at radius 3 is 2.67 bits per heavy atom. The van der Waals surface area contributed by atoms with Crippen molar-refractivity contribution in [3.63, 3.8) is 0 Å². The fourth-order valence-corrected chi connectivity index (χ4v) is 2.76. The van der Waals surface area contributed by atoms with Gasteiger partial charge in [-0.3, -0.25) is 4.90 Å². The minimum absolute atomic E-state index is 0.367. The Kier molecular flexibility index (Phi) is 6.07. The highest BCUT2D eigenvalue weighted by atomic mass is 16.5. The van der Waals surface area contributed by atoms with Crippen LogP contribution >= 0.6 is 0 Å². The van der Waals surface area contributed by atoms with E-state index in [0.29, 0.717) is 12.1 Å². The standard InChI is InChI=1S/C18H30N2O/c1-5-19-18(16-7-6-8-17(11-16)21-4)13-20(14(2)3)12-15-9-10-15/h6-8,11,14-15,18-19H,5,9-10,12-13H2,1-4H3. The third-order valence-electron chi connectivity index (χ3n) is 4.28. The first-order valence-corrected chi connectivity index (χ1v) is 8.25. The van der Waals surface area contributed by atoms with Gasteiger partial charge in [-0.25, -0.2) is 0 Å². The fraction of sp³-hybridized carbons (Fsp3) is 0.667. The lowest BCUT2D eigenvalue weighted by Gasteiger charge is -2.31. The second-order valence-corrected chi connectivity index (χ2v) is 6.38. The number of rotatable bonds is 9. The van der Waals surface area contributed by atoms with Gasteiger partial charge in [-0.2, -0.15) is 0 Å². The van der Waals surface area contributed by atoms with Crippen LogP contribution < -0.4 is 10.1 Å². The first-order valence-electron chi connectivity index (χ1n) is 8.25. The van der Waals surface area contributed by atoms with Gasteiger partial charge in [-0.15, -0.1) is 0 Å². The van der Waals surface area contributed by atoms with Crippen molar-refractivity contribution < 1.29 is 4.74 Å². The lowest BCUT2D eigenvalue weighted by Crippen LogP contribution is -2.40. The molecule has 1 aromatic rings. The van der Waals surface area contributed by atoms with Crippen LogP contribution in [-0.4, -0.2) is 37.7 Å². The van der Waals surface area contributed by atoms with E-state index in [1.807, 2.05) is 6.07 Å². The molecule has 1 unspecified atom stereocenters. The van der Waals surface area contributed by atoms with Crippen LogP contribution in [0.3, 0.4) is 0 Å². The summed E-state index contributed by atoms with van der Waals surface area (Å²) in [7, 11) is 1.73. The number of nitrogens with one attached hydrogen (secondary N) is 1. The minimum Gasteiger partial charge on any atom is -0.497 e. The zero-order valence-electron chi connectivity index (χ0n) is 13.9. The Labute approximate surface area is 129 Å². The molecule has 1 aromatic carbocycles. The van der Waals surface area contributed by atoms with Gasteiger partial charge >= 0.3 is 0 Å². The summed E-state index contributed by atoms with van der Waals surface area (Å²) in [5.41, 5.74) is 1.32. The Balaban J connectivity index is 2.08. The Morgan fingerprint density at radius 1 is 1.33 bits per heavy atom. The Hall–Kier alpha value is -1.06. The highest BCUT2D eigenvalue weighted by molar-refractivity contribution is 5.30. The molecule has 2 rings (SSSR count). The second kappa shape index (κ2) is 7.81. The number of hydrogen-bond donors (Lipinski definition) is 1. The molecule has 3 heteroatoms. The number of likely N-dealkylation sites (N-methyl/N-ethyl adjacent to an activating group) is 1. The summed E-state index contributed by atoms with van der Waals surface area (Å²) in [5, 5.41) is 3.63. The van der Waals surface area contributed by atoms with Crippen LogP contribution in [0.4, 0.5) is 0 Å². The Morgan fingerprint density at radius 2 is 2.10 bits per heavy atom. The van der Waals surface area contributed by atoms with Crippen LogP contribution in [0, 0.1) is 5.92 Å². The summed E-state index contributed by atoms with van der Waals surface area (Å²) >= 11 is 0. The summed E-state index contributed by atoms with van der Waals surface area (Å²) in [6.07, 6.45) is 2.82. The fourth-order valence-electron chi connectivity index (χ4n) is 2.76.